The number of ether oxygens (including phenoxy) is 1. The van der Waals surface area contributed by atoms with Gasteiger partial charge in [0, 0.05) is 52.1 Å². The maximum atomic E-state index is 9.32. The van der Waals surface area contributed by atoms with Gasteiger partial charge < -0.3 is 4.74 Å². The molecular formula is C63H57N7O+2. The molecule has 0 saturated carbocycles. The summed E-state index contributed by atoms with van der Waals surface area (Å²) in [5.74, 6) is 3.30. The molecule has 0 fully saturated rings. The van der Waals surface area contributed by atoms with Gasteiger partial charge in [-0.25, -0.2) is 19.9 Å². The minimum atomic E-state index is -0.655. The van der Waals surface area contributed by atoms with Crippen LogP contribution in [0.3, 0.4) is 0 Å². The molecule has 0 saturated heterocycles. The number of nitrogens with zero attached hydrogens (tertiary/aromatic N) is 7. The van der Waals surface area contributed by atoms with E-state index in [2.05, 4.69) is 70.3 Å². The summed E-state index contributed by atoms with van der Waals surface area (Å²) in [6.45, 7) is 18.3. The molecule has 0 N–H and O–H groups in total. The molecule has 0 radical (unpaired) electrons. The molecule has 4 heterocycles. The summed E-state index contributed by atoms with van der Waals surface area (Å²) in [4.78, 5) is 20.1. The first-order chi connectivity index (χ1) is 38.2. The molecule has 0 spiro atoms. The van der Waals surface area contributed by atoms with Gasteiger partial charge in [0.25, 0.3) is 11.4 Å². The average molecular weight is 938 g/mol. The number of benzene rings is 7. The lowest BCUT2D eigenvalue weighted by Gasteiger charge is -2.23. The third kappa shape index (κ3) is 8.40. The summed E-state index contributed by atoms with van der Waals surface area (Å²) >= 11 is 0. The first kappa shape index (κ1) is 34.9. The highest BCUT2D eigenvalue weighted by Gasteiger charge is 2.40. The maximum Gasteiger partial charge on any atom is 0.503 e. The van der Waals surface area contributed by atoms with E-state index in [1.165, 1.54) is 0 Å². The summed E-state index contributed by atoms with van der Waals surface area (Å²) < 4.78 is 102. The second kappa shape index (κ2) is 17.3. The fourth-order valence-corrected chi connectivity index (χ4v) is 8.84. The van der Waals surface area contributed by atoms with Crippen molar-refractivity contribution in [3.8, 4) is 51.0 Å². The quantitative estimate of drug-likeness (QED) is 0.142. The molecule has 71 heavy (non-hydrogen) atoms. The molecule has 10 aromatic rings. The predicted octanol–water partition coefficient (Wildman–Crippen LogP) is 15.9. The van der Waals surface area contributed by atoms with Crippen LogP contribution in [-0.2, 0) is 16.2 Å². The van der Waals surface area contributed by atoms with Gasteiger partial charge in [0.15, 0.2) is 5.82 Å². The van der Waals surface area contributed by atoms with Crippen molar-refractivity contribution < 1.29 is 18.4 Å². The maximum absolute atomic E-state index is 9.32. The van der Waals surface area contributed by atoms with Crippen molar-refractivity contribution in [2.75, 3.05) is 0 Å². The number of hydrogen-bond donors (Lipinski definition) is 0. The van der Waals surface area contributed by atoms with Crippen molar-refractivity contribution in [3.05, 3.63) is 199 Å². The third-order valence-electron chi connectivity index (χ3n) is 12.5. The van der Waals surface area contributed by atoms with Crippen LogP contribution in [0.25, 0.3) is 61.3 Å². The molecule has 0 atom stereocenters. The van der Waals surface area contributed by atoms with Crippen molar-refractivity contribution >= 4 is 50.6 Å². The van der Waals surface area contributed by atoms with E-state index in [4.69, 9.17) is 32.9 Å². The molecule has 0 unspecified atom stereocenters. The molecule has 7 aromatic carbocycles. The number of hydrogen-bond acceptors (Lipinski definition) is 5. The molecule has 0 bridgehead atoms. The van der Waals surface area contributed by atoms with Crippen LogP contribution in [0.2, 0.25) is 0 Å². The van der Waals surface area contributed by atoms with E-state index in [0.717, 1.165) is 27.6 Å². The summed E-state index contributed by atoms with van der Waals surface area (Å²) in [5, 5.41) is 1.93. The van der Waals surface area contributed by atoms with Crippen molar-refractivity contribution in [2.45, 2.75) is 78.6 Å². The molecule has 0 amide bonds. The second-order valence-corrected chi connectivity index (χ2v) is 20.7. The lowest BCUT2D eigenvalue weighted by Crippen LogP contribution is -2.24. The Bertz CT molecular complexity index is 4200. The molecule has 348 valence electrons. The Morgan fingerprint density at radius 1 is 0.535 bits per heavy atom. The number of aromatic nitrogens is 5. The van der Waals surface area contributed by atoms with Gasteiger partial charge in [0.2, 0.25) is 11.4 Å². The highest BCUT2D eigenvalue weighted by atomic mass is 16.5. The van der Waals surface area contributed by atoms with Gasteiger partial charge in [0.1, 0.15) is 29.0 Å². The first-order valence-corrected chi connectivity index (χ1v) is 23.6. The van der Waals surface area contributed by atoms with Gasteiger partial charge in [-0.15, -0.1) is 0 Å². The summed E-state index contributed by atoms with van der Waals surface area (Å²) in [6.07, 6.45) is 1.76. The van der Waals surface area contributed by atoms with Gasteiger partial charge in [-0.05, 0) is 73.7 Å². The Kier molecular flexibility index (Phi) is 8.48. The van der Waals surface area contributed by atoms with Gasteiger partial charge in [0.05, 0.1) is 47.5 Å². The molecule has 1 aliphatic rings. The minimum absolute atomic E-state index is 0.138. The zero-order valence-corrected chi connectivity index (χ0v) is 41.1. The standard InChI is InChI=1S/C63H57N7O/c1-61(2,3)43-35-47(41-23-12-10-13-24-41)57(48(36-43)42-25-14-11-15-26-42)69-40-68(52-31-18-19-32-53(52)69)44-27-22-28-45(37-44)71-55-39-54-49(46-29-16-17-30-51(46)70(54)56-33-20-21-34-64-56)38-50(55)58-65-59(62(4,5)6)67-60(66-58)63(7,8)9/h10-39H,1-9H3/q+2/i10D,11D,12D,13D,14D,15D,23D,24D,25D,26D. The number of rotatable bonds is 8. The van der Waals surface area contributed by atoms with E-state index in [9.17, 15) is 5.48 Å². The molecular weight excluding hydrogens is 871 g/mol. The third-order valence-corrected chi connectivity index (χ3v) is 12.5. The topological polar surface area (TPSA) is 71.7 Å². The second-order valence-electron chi connectivity index (χ2n) is 20.7. The smallest absolute Gasteiger partial charge is 0.456 e. The van der Waals surface area contributed by atoms with E-state index in [0.29, 0.717) is 57.2 Å². The zero-order valence-electron chi connectivity index (χ0n) is 51.1. The molecule has 0 aliphatic carbocycles. The van der Waals surface area contributed by atoms with Crippen LogP contribution in [0.1, 0.15) is 93.2 Å². The predicted molar refractivity (Wildman–Crippen MR) is 292 cm³/mol. The Balaban J connectivity index is 1.19. The zero-order chi connectivity index (χ0) is 57.9. The van der Waals surface area contributed by atoms with Crippen LogP contribution in [-0.4, -0.2) is 30.5 Å². The largest absolute Gasteiger partial charge is 0.503 e. The molecule has 8 nitrogen and oxygen atoms in total. The molecule has 8 heteroatoms. The number of fused-ring (bicyclic) bond motifs is 4. The van der Waals surface area contributed by atoms with E-state index in [1.54, 1.807) is 27.5 Å². The highest BCUT2D eigenvalue weighted by Crippen LogP contribution is 2.47. The van der Waals surface area contributed by atoms with Gasteiger partial charge in [-0.1, -0.05) is 165 Å². The Morgan fingerprint density at radius 3 is 1.75 bits per heavy atom. The lowest BCUT2D eigenvalue weighted by atomic mass is 9.82. The van der Waals surface area contributed by atoms with Crippen LogP contribution in [0.4, 0.5) is 22.7 Å². The SMILES string of the molecule is [2H]c1c([2H])c([2H])c(-c2cc(C(C)(C)C)cc(-c3c([2H])c([2H])c([2H])c([2H])c3[2H])c2[N+]2=C=[N+](c3cccc(Oc4cc5c(cc4-c4nc(C(C)(C)C)nc(C(C)(C)C)n4)c4ccccc4n5-c4ccccn4)c3)c3ccccc32)c([2H])c1[2H]. The molecule has 1 aliphatic heterocycles. The van der Waals surface area contributed by atoms with Crippen LogP contribution >= 0.6 is 0 Å². The number of pyridine rings is 1. The monoisotopic (exact) mass is 938 g/mol. The van der Waals surface area contributed by atoms with Crippen molar-refractivity contribution in [1.82, 2.24) is 33.7 Å². The van der Waals surface area contributed by atoms with Crippen molar-refractivity contribution in [2.24, 2.45) is 0 Å². The molecule has 3 aromatic heterocycles. The number of para-hydroxylation sites is 3. The van der Waals surface area contributed by atoms with Crippen LogP contribution in [0.15, 0.2) is 182 Å². The van der Waals surface area contributed by atoms with E-state index in [1.807, 2.05) is 106 Å². The van der Waals surface area contributed by atoms with E-state index >= 15 is 0 Å². The summed E-state index contributed by atoms with van der Waals surface area (Å²) in [7, 11) is 0. The highest BCUT2D eigenvalue weighted by molar-refractivity contribution is 6.11. The summed E-state index contributed by atoms with van der Waals surface area (Å²) in [6, 6.07) is 34.6. The van der Waals surface area contributed by atoms with Crippen molar-refractivity contribution in [3.63, 3.8) is 0 Å². The normalized spacial score (nSPS) is 14.8. The van der Waals surface area contributed by atoms with E-state index < -0.39 is 76.7 Å². The van der Waals surface area contributed by atoms with Crippen LogP contribution in [0, 0.1) is 0 Å². The van der Waals surface area contributed by atoms with E-state index in [-0.39, 0.29) is 27.9 Å². The van der Waals surface area contributed by atoms with Crippen LogP contribution < -0.4 is 13.9 Å². The Labute approximate surface area is 430 Å². The fourth-order valence-electron chi connectivity index (χ4n) is 8.84. The fraction of sp³-hybridized carbons (Fsp3) is 0.190. The van der Waals surface area contributed by atoms with Gasteiger partial charge in [-0.2, -0.15) is 0 Å². The van der Waals surface area contributed by atoms with Crippen LogP contribution in [0.5, 0.6) is 11.5 Å². The average Bonchev–Trinajstić information content (AvgIpc) is 4.20. The summed E-state index contributed by atoms with van der Waals surface area (Å²) in [5.41, 5.74) is 3.45. The lowest BCUT2D eigenvalue weighted by molar-refractivity contribution is 0.481. The minimum Gasteiger partial charge on any atom is -0.456 e. The van der Waals surface area contributed by atoms with Gasteiger partial charge >= 0.3 is 6.01 Å². The van der Waals surface area contributed by atoms with Crippen molar-refractivity contribution in [1.29, 1.82) is 0 Å². The Morgan fingerprint density at radius 2 is 1.14 bits per heavy atom. The Hall–Kier alpha value is -8.32. The molecule has 11 rings (SSSR count). The first-order valence-electron chi connectivity index (χ1n) is 28.6. The van der Waals surface area contributed by atoms with Gasteiger partial charge in [-0.3, -0.25) is 4.57 Å².